The molecule has 1 fully saturated rings. The number of hydrogen-bond donors (Lipinski definition) is 2. The van der Waals surface area contributed by atoms with Crippen molar-refractivity contribution in [1.82, 2.24) is 4.90 Å². The molecule has 2 rings (SSSR count). The number of carboxylic acid groups (broad SMARTS) is 1. The van der Waals surface area contributed by atoms with Gasteiger partial charge in [-0.3, -0.25) is 4.79 Å². The largest absolute Gasteiger partial charge is 0.480 e. The van der Waals surface area contributed by atoms with Crippen LogP contribution in [0.2, 0.25) is 0 Å². The van der Waals surface area contributed by atoms with Crippen molar-refractivity contribution in [2.24, 2.45) is 0 Å². The van der Waals surface area contributed by atoms with Gasteiger partial charge in [-0.25, -0.2) is 9.18 Å². The summed E-state index contributed by atoms with van der Waals surface area (Å²) in [5.74, 6) is -2.21. The van der Waals surface area contributed by atoms with E-state index in [-0.39, 0.29) is 23.0 Å². The van der Waals surface area contributed by atoms with E-state index >= 15 is 0 Å². The highest BCUT2D eigenvalue weighted by Gasteiger charge is 2.39. The van der Waals surface area contributed by atoms with E-state index in [0.717, 1.165) is 17.0 Å². The highest BCUT2D eigenvalue weighted by atomic mass is 79.9. The SMILES string of the molecule is O=C(O)[C@@H]1C[C@H](O)CN1C(=O)c1ccc(F)cc1Br. The van der Waals surface area contributed by atoms with Crippen molar-refractivity contribution in [2.45, 2.75) is 18.6 Å². The third-order valence-electron chi connectivity index (χ3n) is 2.99. The topological polar surface area (TPSA) is 77.8 Å². The molecule has 2 atom stereocenters. The molecule has 0 spiro atoms. The summed E-state index contributed by atoms with van der Waals surface area (Å²) in [6.07, 6.45) is -0.857. The lowest BCUT2D eigenvalue weighted by molar-refractivity contribution is -0.141. The molecule has 19 heavy (non-hydrogen) atoms. The second kappa shape index (κ2) is 5.26. The van der Waals surface area contributed by atoms with E-state index in [4.69, 9.17) is 5.11 Å². The van der Waals surface area contributed by atoms with Gasteiger partial charge in [0.15, 0.2) is 0 Å². The predicted molar refractivity (Wildman–Crippen MR) is 67.2 cm³/mol. The van der Waals surface area contributed by atoms with Gasteiger partial charge in [0.1, 0.15) is 11.9 Å². The summed E-state index contributed by atoms with van der Waals surface area (Å²) in [4.78, 5) is 24.4. The second-order valence-electron chi connectivity index (χ2n) is 4.33. The van der Waals surface area contributed by atoms with Gasteiger partial charge in [0.2, 0.25) is 0 Å². The van der Waals surface area contributed by atoms with Crippen LogP contribution in [-0.2, 0) is 4.79 Å². The molecule has 0 aliphatic carbocycles. The first-order valence-electron chi connectivity index (χ1n) is 5.57. The van der Waals surface area contributed by atoms with Crippen LogP contribution in [0.15, 0.2) is 22.7 Å². The molecule has 1 aromatic carbocycles. The number of aliphatic carboxylic acids is 1. The standard InChI is InChI=1S/C12H11BrFNO4/c13-9-3-6(14)1-2-8(9)11(17)15-5-7(16)4-10(15)12(18)19/h1-3,7,10,16H,4-5H2,(H,18,19)/t7-,10-/m0/s1. The molecule has 0 aromatic heterocycles. The molecular formula is C12H11BrFNO4. The number of halogens is 2. The Morgan fingerprint density at radius 3 is 2.68 bits per heavy atom. The Bertz CT molecular complexity index is 536. The molecule has 1 aliphatic heterocycles. The van der Waals surface area contributed by atoms with E-state index in [1.165, 1.54) is 6.07 Å². The lowest BCUT2D eigenvalue weighted by Gasteiger charge is -2.21. The molecule has 1 heterocycles. The minimum Gasteiger partial charge on any atom is -0.480 e. The van der Waals surface area contributed by atoms with Crippen LogP contribution >= 0.6 is 15.9 Å². The number of amides is 1. The van der Waals surface area contributed by atoms with E-state index < -0.39 is 29.8 Å². The summed E-state index contributed by atoms with van der Waals surface area (Å²) in [5, 5.41) is 18.5. The van der Waals surface area contributed by atoms with Gasteiger partial charge in [-0.05, 0) is 34.1 Å². The molecule has 1 aliphatic rings. The van der Waals surface area contributed by atoms with Crippen LogP contribution in [0.5, 0.6) is 0 Å². The van der Waals surface area contributed by atoms with Crippen LogP contribution in [-0.4, -0.2) is 45.7 Å². The predicted octanol–water partition coefficient (Wildman–Crippen LogP) is 1.25. The molecule has 1 amide bonds. The number of nitrogens with zero attached hydrogens (tertiary/aromatic N) is 1. The number of carboxylic acids is 1. The number of aliphatic hydroxyl groups is 1. The summed E-state index contributed by atoms with van der Waals surface area (Å²) < 4.78 is 13.2. The molecule has 1 aromatic rings. The van der Waals surface area contributed by atoms with Crippen molar-refractivity contribution in [1.29, 1.82) is 0 Å². The molecule has 0 unspecified atom stereocenters. The van der Waals surface area contributed by atoms with E-state index in [2.05, 4.69) is 15.9 Å². The van der Waals surface area contributed by atoms with Crippen LogP contribution in [0.1, 0.15) is 16.8 Å². The Labute approximate surface area is 116 Å². The van der Waals surface area contributed by atoms with Crippen LogP contribution in [0.25, 0.3) is 0 Å². The average molecular weight is 332 g/mol. The highest BCUT2D eigenvalue weighted by molar-refractivity contribution is 9.10. The van der Waals surface area contributed by atoms with Crippen molar-refractivity contribution >= 4 is 27.8 Å². The Balaban J connectivity index is 2.30. The number of hydrogen-bond acceptors (Lipinski definition) is 3. The Hall–Kier alpha value is -1.47. The van der Waals surface area contributed by atoms with Crippen LogP contribution in [0, 0.1) is 5.82 Å². The number of carbonyl (C=O) groups excluding carboxylic acids is 1. The monoisotopic (exact) mass is 331 g/mol. The van der Waals surface area contributed by atoms with Crippen molar-refractivity contribution in [3.05, 3.63) is 34.1 Å². The summed E-state index contributed by atoms with van der Waals surface area (Å²) in [7, 11) is 0. The molecular weight excluding hydrogens is 321 g/mol. The number of carbonyl (C=O) groups is 2. The zero-order valence-electron chi connectivity index (χ0n) is 9.72. The summed E-state index contributed by atoms with van der Waals surface area (Å²) >= 11 is 3.07. The smallest absolute Gasteiger partial charge is 0.326 e. The lowest BCUT2D eigenvalue weighted by Crippen LogP contribution is -2.40. The number of rotatable bonds is 2. The van der Waals surface area contributed by atoms with Gasteiger partial charge in [0, 0.05) is 17.4 Å². The fourth-order valence-corrected chi connectivity index (χ4v) is 2.61. The van der Waals surface area contributed by atoms with Gasteiger partial charge in [-0.15, -0.1) is 0 Å². The average Bonchev–Trinajstić information content (AvgIpc) is 2.70. The Morgan fingerprint density at radius 2 is 2.11 bits per heavy atom. The first kappa shape index (κ1) is 14.0. The zero-order valence-corrected chi connectivity index (χ0v) is 11.3. The quantitative estimate of drug-likeness (QED) is 0.854. The molecule has 0 bridgehead atoms. The van der Waals surface area contributed by atoms with E-state index in [9.17, 15) is 19.1 Å². The van der Waals surface area contributed by atoms with Gasteiger partial charge in [-0.2, -0.15) is 0 Å². The van der Waals surface area contributed by atoms with Crippen molar-refractivity contribution in [3.8, 4) is 0 Å². The maximum Gasteiger partial charge on any atom is 0.326 e. The van der Waals surface area contributed by atoms with Crippen LogP contribution < -0.4 is 0 Å². The van der Waals surface area contributed by atoms with E-state index in [0.29, 0.717) is 0 Å². The second-order valence-corrected chi connectivity index (χ2v) is 5.18. The van der Waals surface area contributed by atoms with Gasteiger partial charge >= 0.3 is 5.97 Å². The third kappa shape index (κ3) is 2.76. The fourth-order valence-electron chi connectivity index (χ4n) is 2.09. The molecule has 5 nitrogen and oxygen atoms in total. The minimum absolute atomic E-state index is 0.000112. The molecule has 102 valence electrons. The van der Waals surface area contributed by atoms with Gasteiger partial charge in [0.25, 0.3) is 5.91 Å². The highest BCUT2D eigenvalue weighted by Crippen LogP contribution is 2.25. The fraction of sp³-hybridized carbons (Fsp3) is 0.333. The molecule has 2 N–H and O–H groups in total. The van der Waals surface area contributed by atoms with Crippen molar-refractivity contribution < 1.29 is 24.2 Å². The summed E-state index contributed by atoms with van der Waals surface area (Å²) in [6.45, 7) is -0.0420. The number of benzene rings is 1. The van der Waals surface area contributed by atoms with Crippen LogP contribution in [0.4, 0.5) is 4.39 Å². The molecule has 7 heteroatoms. The first-order chi connectivity index (χ1) is 8.90. The van der Waals surface area contributed by atoms with E-state index in [1.807, 2.05) is 0 Å². The van der Waals surface area contributed by atoms with Crippen LogP contribution in [0.3, 0.4) is 0 Å². The summed E-state index contributed by atoms with van der Waals surface area (Å²) in [6, 6.07) is 2.49. The van der Waals surface area contributed by atoms with E-state index in [1.54, 1.807) is 0 Å². The maximum atomic E-state index is 13.0. The first-order valence-corrected chi connectivity index (χ1v) is 6.36. The molecule has 0 saturated carbocycles. The minimum atomic E-state index is -1.16. The lowest BCUT2D eigenvalue weighted by atomic mass is 10.1. The zero-order chi connectivity index (χ0) is 14.2. The maximum absolute atomic E-state index is 13.0. The molecule has 1 saturated heterocycles. The Kier molecular flexibility index (Phi) is 3.86. The summed E-state index contributed by atoms with van der Waals surface area (Å²) in [5.41, 5.74) is 0.168. The Morgan fingerprint density at radius 1 is 1.42 bits per heavy atom. The number of β-amino-alcohol motifs (C(OH)–C–C–N with tert-alkyl or cyclic N) is 1. The van der Waals surface area contributed by atoms with Gasteiger partial charge < -0.3 is 15.1 Å². The van der Waals surface area contributed by atoms with Gasteiger partial charge in [0.05, 0.1) is 11.7 Å². The van der Waals surface area contributed by atoms with Crippen molar-refractivity contribution in [2.75, 3.05) is 6.54 Å². The van der Waals surface area contributed by atoms with Crippen molar-refractivity contribution in [3.63, 3.8) is 0 Å². The molecule has 0 radical (unpaired) electrons. The normalized spacial score (nSPS) is 22.6. The number of aliphatic hydroxyl groups excluding tert-OH is 1. The third-order valence-corrected chi connectivity index (χ3v) is 3.64. The van der Waals surface area contributed by atoms with Gasteiger partial charge in [-0.1, -0.05) is 0 Å². The number of likely N-dealkylation sites (tertiary alicyclic amines) is 1.